The van der Waals surface area contributed by atoms with Crippen molar-refractivity contribution in [2.45, 2.75) is 0 Å². The highest BCUT2D eigenvalue weighted by Crippen LogP contribution is 2.23. The van der Waals surface area contributed by atoms with Gasteiger partial charge in [-0.05, 0) is 18.2 Å². The highest BCUT2D eigenvalue weighted by atomic mass is 32.1. The monoisotopic (exact) mass is 287 g/mol. The number of thiocarbonyl (C=S) groups is 1. The third kappa shape index (κ3) is 3.03. The van der Waals surface area contributed by atoms with Gasteiger partial charge in [-0.3, -0.25) is 0 Å². The average molecular weight is 287 g/mol. The molecule has 2 rings (SSSR count). The number of nitrogens with zero attached hydrogens (tertiary/aromatic N) is 4. The van der Waals surface area contributed by atoms with Gasteiger partial charge in [0.2, 0.25) is 5.95 Å². The molecule has 2 aromatic rings. The lowest BCUT2D eigenvalue weighted by atomic mass is 10.2. The summed E-state index contributed by atoms with van der Waals surface area (Å²) in [7, 11) is 5.76. The number of rotatable bonds is 4. The number of hydrogen-bond acceptors (Lipinski definition) is 5. The first kappa shape index (κ1) is 14.2. The summed E-state index contributed by atoms with van der Waals surface area (Å²) in [6.45, 7) is 0. The Hall–Kier alpha value is -2.21. The molecule has 0 unspecified atom stereocenters. The fourth-order valence-corrected chi connectivity index (χ4v) is 1.87. The molecule has 0 aliphatic heterocycles. The maximum atomic E-state index is 5.67. The van der Waals surface area contributed by atoms with E-state index in [1.165, 1.54) is 0 Å². The Kier molecular flexibility index (Phi) is 4.14. The molecular formula is C14H17N5S. The lowest BCUT2D eigenvalue weighted by molar-refractivity contribution is 0.981. The van der Waals surface area contributed by atoms with Crippen LogP contribution < -0.4 is 15.5 Å². The van der Waals surface area contributed by atoms with Crippen molar-refractivity contribution in [1.82, 2.24) is 9.97 Å². The highest BCUT2D eigenvalue weighted by molar-refractivity contribution is 7.80. The number of nitrogens with two attached hydrogens (primary N) is 1. The van der Waals surface area contributed by atoms with E-state index in [0.717, 1.165) is 17.1 Å². The smallest absolute Gasteiger partial charge is 0.226 e. The van der Waals surface area contributed by atoms with Crippen LogP contribution in [0.25, 0.3) is 0 Å². The normalized spacial score (nSPS) is 10.2. The number of aromatic nitrogens is 2. The maximum absolute atomic E-state index is 5.67. The van der Waals surface area contributed by atoms with Crippen molar-refractivity contribution in [1.29, 1.82) is 0 Å². The Morgan fingerprint density at radius 3 is 2.60 bits per heavy atom. The predicted molar refractivity (Wildman–Crippen MR) is 86.8 cm³/mol. The van der Waals surface area contributed by atoms with Gasteiger partial charge in [-0.25, -0.2) is 4.98 Å². The molecule has 0 bridgehead atoms. The van der Waals surface area contributed by atoms with E-state index in [1.807, 2.05) is 61.3 Å². The van der Waals surface area contributed by atoms with Crippen LogP contribution in [0.4, 0.5) is 17.5 Å². The maximum Gasteiger partial charge on any atom is 0.226 e. The van der Waals surface area contributed by atoms with E-state index in [1.54, 1.807) is 6.20 Å². The Bertz CT molecular complexity index is 626. The molecule has 1 aromatic carbocycles. The molecule has 0 saturated heterocycles. The highest BCUT2D eigenvalue weighted by Gasteiger charge is 2.09. The van der Waals surface area contributed by atoms with Crippen molar-refractivity contribution >= 4 is 34.7 Å². The van der Waals surface area contributed by atoms with Gasteiger partial charge in [0.15, 0.2) is 0 Å². The minimum atomic E-state index is 0.386. The zero-order valence-electron chi connectivity index (χ0n) is 11.7. The van der Waals surface area contributed by atoms with Crippen molar-refractivity contribution in [3.05, 3.63) is 42.1 Å². The van der Waals surface area contributed by atoms with Crippen molar-refractivity contribution in [3.8, 4) is 0 Å². The molecule has 0 aliphatic carbocycles. The van der Waals surface area contributed by atoms with Crippen LogP contribution in [0.2, 0.25) is 0 Å². The summed E-state index contributed by atoms with van der Waals surface area (Å²) in [5.41, 5.74) is 7.48. The molecule has 0 spiro atoms. The molecule has 104 valence electrons. The minimum absolute atomic E-state index is 0.386. The minimum Gasteiger partial charge on any atom is -0.389 e. The molecule has 0 atom stereocenters. The van der Waals surface area contributed by atoms with Gasteiger partial charge in [-0.2, -0.15) is 4.98 Å². The van der Waals surface area contributed by atoms with Crippen molar-refractivity contribution in [2.75, 3.05) is 30.9 Å². The van der Waals surface area contributed by atoms with Crippen molar-refractivity contribution in [3.63, 3.8) is 0 Å². The standard InChI is InChI=1S/C14H17N5S/c1-18(2)14-16-8-7-12(17-14)19(3)11-6-4-5-10(9-11)13(15)20/h4-9H,1-3H3,(H2,15,20). The van der Waals surface area contributed by atoms with Gasteiger partial charge in [0.1, 0.15) is 10.8 Å². The summed E-state index contributed by atoms with van der Waals surface area (Å²) in [6.07, 6.45) is 1.74. The van der Waals surface area contributed by atoms with E-state index < -0.39 is 0 Å². The predicted octanol–water partition coefficient (Wildman–Crippen LogP) is 1.94. The van der Waals surface area contributed by atoms with E-state index in [0.29, 0.717) is 10.9 Å². The van der Waals surface area contributed by atoms with Crippen LogP contribution in [0.5, 0.6) is 0 Å². The van der Waals surface area contributed by atoms with Crippen LogP contribution >= 0.6 is 12.2 Å². The Labute approximate surface area is 124 Å². The molecule has 2 N–H and O–H groups in total. The second-order valence-electron chi connectivity index (χ2n) is 4.58. The zero-order valence-corrected chi connectivity index (χ0v) is 12.6. The van der Waals surface area contributed by atoms with E-state index in [-0.39, 0.29) is 0 Å². The van der Waals surface area contributed by atoms with Gasteiger partial charge in [-0.15, -0.1) is 0 Å². The summed E-state index contributed by atoms with van der Waals surface area (Å²) >= 11 is 5.01. The zero-order chi connectivity index (χ0) is 14.7. The van der Waals surface area contributed by atoms with Crippen LogP contribution in [-0.4, -0.2) is 36.1 Å². The van der Waals surface area contributed by atoms with Gasteiger partial charge in [0.25, 0.3) is 0 Å². The summed E-state index contributed by atoms with van der Waals surface area (Å²) < 4.78 is 0. The molecule has 20 heavy (non-hydrogen) atoms. The summed E-state index contributed by atoms with van der Waals surface area (Å²) in [6, 6.07) is 9.61. The molecule has 0 amide bonds. The Morgan fingerprint density at radius 2 is 1.95 bits per heavy atom. The third-order valence-corrected chi connectivity index (χ3v) is 3.13. The van der Waals surface area contributed by atoms with Crippen LogP contribution in [0.1, 0.15) is 5.56 Å². The SMILES string of the molecule is CN(C)c1nccc(N(C)c2cccc(C(N)=S)c2)n1. The lowest BCUT2D eigenvalue weighted by Crippen LogP contribution is -2.17. The second-order valence-corrected chi connectivity index (χ2v) is 5.02. The van der Waals surface area contributed by atoms with Crippen molar-refractivity contribution in [2.24, 2.45) is 5.73 Å². The Balaban J connectivity index is 2.35. The molecule has 0 fully saturated rings. The summed E-state index contributed by atoms with van der Waals surface area (Å²) in [5, 5.41) is 0. The van der Waals surface area contributed by atoms with Crippen molar-refractivity contribution < 1.29 is 0 Å². The van der Waals surface area contributed by atoms with E-state index in [2.05, 4.69) is 9.97 Å². The van der Waals surface area contributed by atoms with Gasteiger partial charge >= 0.3 is 0 Å². The quantitative estimate of drug-likeness (QED) is 0.867. The van der Waals surface area contributed by atoms with Crippen LogP contribution in [-0.2, 0) is 0 Å². The van der Waals surface area contributed by atoms with Gasteiger partial charge < -0.3 is 15.5 Å². The molecule has 1 aromatic heterocycles. The van der Waals surface area contributed by atoms with E-state index >= 15 is 0 Å². The molecule has 0 aliphatic rings. The largest absolute Gasteiger partial charge is 0.389 e. The van der Waals surface area contributed by atoms with Gasteiger partial charge in [0.05, 0.1) is 0 Å². The lowest BCUT2D eigenvalue weighted by Gasteiger charge is -2.20. The second kappa shape index (κ2) is 5.83. The van der Waals surface area contributed by atoms with E-state index in [4.69, 9.17) is 18.0 Å². The van der Waals surface area contributed by atoms with Crippen LogP contribution in [0.3, 0.4) is 0 Å². The van der Waals surface area contributed by atoms with Crippen LogP contribution in [0.15, 0.2) is 36.5 Å². The molecule has 6 heteroatoms. The molecule has 0 radical (unpaired) electrons. The fraction of sp³-hybridized carbons (Fsp3) is 0.214. The molecule has 5 nitrogen and oxygen atoms in total. The summed E-state index contributed by atoms with van der Waals surface area (Å²) in [4.78, 5) is 12.9. The fourth-order valence-electron chi connectivity index (χ4n) is 1.74. The third-order valence-electron chi connectivity index (χ3n) is 2.89. The molecular weight excluding hydrogens is 270 g/mol. The summed E-state index contributed by atoms with van der Waals surface area (Å²) in [5.74, 6) is 1.48. The number of anilines is 3. The molecule has 0 saturated carbocycles. The Morgan fingerprint density at radius 1 is 1.20 bits per heavy atom. The first-order valence-electron chi connectivity index (χ1n) is 6.13. The van der Waals surface area contributed by atoms with E-state index in [9.17, 15) is 0 Å². The molecule has 1 heterocycles. The number of benzene rings is 1. The topological polar surface area (TPSA) is 58.3 Å². The van der Waals surface area contributed by atoms with Crippen LogP contribution in [0, 0.1) is 0 Å². The van der Waals surface area contributed by atoms with Gasteiger partial charge in [-0.1, -0.05) is 24.4 Å². The average Bonchev–Trinajstić information content (AvgIpc) is 2.46. The number of hydrogen-bond donors (Lipinski definition) is 1. The first-order valence-corrected chi connectivity index (χ1v) is 6.54. The first-order chi connectivity index (χ1) is 9.49. The van der Waals surface area contributed by atoms with Gasteiger partial charge in [0, 0.05) is 38.6 Å².